The maximum atomic E-state index is 13.8. The van der Waals surface area contributed by atoms with Crippen molar-refractivity contribution >= 4 is 11.8 Å². The van der Waals surface area contributed by atoms with Gasteiger partial charge in [0, 0.05) is 12.7 Å². The summed E-state index contributed by atoms with van der Waals surface area (Å²) < 4.78 is 51.9. The molecule has 2 aromatic carbocycles. The highest BCUT2D eigenvalue weighted by Gasteiger charge is 2.30. The molecule has 0 aliphatic carbocycles. The van der Waals surface area contributed by atoms with Crippen molar-refractivity contribution in [1.29, 1.82) is 5.26 Å². The molecule has 0 heterocycles. The number of aryl methyl sites for hydroxylation is 1. The van der Waals surface area contributed by atoms with E-state index in [9.17, 15) is 32.4 Å². The molecule has 0 saturated heterocycles. The molecule has 34 heavy (non-hydrogen) atoms. The second-order valence-electron chi connectivity index (χ2n) is 7.22. The predicted octanol–water partition coefficient (Wildman–Crippen LogP) is 2.24. The highest BCUT2D eigenvalue weighted by atomic mass is 19.4. The van der Waals surface area contributed by atoms with Crippen LogP contribution in [0, 0.1) is 24.1 Å². The van der Waals surface area contributed by atoms with Crippen molar-refractivity contribution in [3.63, 3.8) is 0 Å². The van der Waals surface area contributed by atoms with Crippen molar-refractivity contribution < 1.29 is 27.2 Å². The van der Waals surface area contributed by atoms with E-state index in [2.05, 4.69) is 10.6 Å². The van der Waals surface area contributed by atoms with Crippen LogP contribution < -0.4 is 22.2 Å². The summed E-state index contributed by atoms with van der Waals surface area (Å²) in [5.74, 6) is 3.53. The van der Waals surface area contributed by atoms with Gasteiger partial charge >= 0.3 is 6.18 Å². The molecular formula is C22H22F4N6O2. The average molecular weight is 478 g/mol. The van der Waals surface area contributed by atoms with Crippen LogP contribution in [-0.4, -0.2) is 29.9 Å². The van der Waals surface area contributed by atoms with E-state index in [-0.39, 0.29) is 29.9 Å². The van der Waals surface area contributed by atoms with Crippen LogP contribution in [0.4, 0.5) is 17.6 Å². The van der Waals surface area contributed by atoms with Crippen molar-refractivity contribution in [1.82, 2.24) is 15.6 Å². The normalized spacial score (nSPS) is 12.4. The Kier molecular flexibility index (Phi) is 8.58. The van der Waals surface area contributed by atoms with E-state index in [4.69, 9.17) is 11.6 Å². The SMILES string of the molecule is Cc1ccc(C(=O)NCCN(N)/C=C(\N)C(=O)NC(C#N)c2ccc(C(F)(F)F)cc2)c(F)c1. The minimum Gasteiger partial charge on any atom is -0.393 e. The quantitative estimate of drug-likeness (QED) is 0.199. The predicted molar refractivity (Wildman–Crippen MR) is 115 cm³/mol. The third-order valence-corrected chi connectivity index (χ3v) is 4.57. The molecule has 180 valence electrons. The third kappa shape index (κ3) is 7.21. The van der Waals surface area contributed by atoms with Gasteiger partial charge in [-0.3, -0.25) is 9.59 Å². The summed E-state index contributed by atoms with van der Waals surface area (Å²) in [6, 6.07) is 8.43. The molecule has 0 bridgehead atoms. The Hall–Kier alpha value is -4.11. The van der Waals surface area contributed by atoms with E-state index in [1.165, 1.54) is 12.1 Å². The fraction of sp³-hybridized carbons (Fsp3) is 0.227. The number of carbonyl (C=O) groups is 2. The molecule has 0 fully saturated rings. The van der Waals surface area contributed by atoms with Gasteiger partial charge in [0.2, 0.25) is 0 Å². The van der Waals surface area contributed by atoms with Crippen LogP contribution in [0.1, 0.15) is 33.1 Å². The molecule has 1 unspecified atom stereocenters. The van der Waals surface area contributed by atoms with Gasteiger partial charge in [-0.15, -0.1) is 0 Å². The van der Waals surface area contributed by atoms with Gasteiger partial charge in [0.25, 0.3) is 11.8 Å². The lowest BCUT2D eigenvalue weighted by molar-refractivity contribution is -0.137. The first-order valence-electron chi connectivity index (χ1n) is 9.83. The molecule has 0 spiro atoms. The van der Waals surface area contributed by atoms with Gasteiger partial charge in [0.15, 0.2) is 0 Å². The van der Waals surface area contributed by atoms with Crippen LogP contribution in [0.25, 0.3) is 0 Å². The molecule has 0 aliphatic rings. The summed E-state index contributed by atoms with van der Waals surface area (Å²) in [7, 11) is 0. The zero-order valence-corrected chi connectivity index (χ0v) is 18.0. The van der Waals surface area contributed by atoms with Gasteiger partial charge < -0.3 is 21.4 Å². The topological polar surface area (TPSA) is 137 Å². The number of nitrogens with zero attached hydrogens (tertiary/aromatic N) is 2. The minimum atomic E-state index is -4.53. The van der Waals surface area contributed by atoms with Crippen molar-refractivity contribution in [2.45, 2.75) is 19.1 Å². The van der Waals surface area contributed by atoms with Gasteiger partial charge in [-0.25, -0.2) is 10.2 Å². The summed E-state index contributed by atoms with van der Waals surface area (Å²) >= 11 is 0. The maximum absolute atomic E-state index is 13.8. The van der Waals surface area contributed by atoms with Crippen LogP contribution in [0.15, 0.2) is 54.4 Å². The van der Waals surface area contributed by atoms with Gasteiger partial charge in [0.05, 0.1) is 23.7 Å². The van der Waals surface area contributed by atoms with E-state index < -0.39 is 35.4 Å². The largest absolute Gasteiger partial charge is 0.416 e. The number of hydrogen-bond donors (Lipinski definition) is 4. The number of hydrogen-bond acceptors (Lipinski definition) is 6. The number of benzene rings is 2. The van der Waals surface area contributed by atoms with Gasteiger partial charge in [-0.05, 0) is 42.3 Å². The Bertz CT molecular complexity index is 1110. The molecule has 1 atom stereocenters. The molecule has 0 aromatic heterocycles. The zero-order chi connectivity index (χ0) is 25.5. The van der Waals surface area contributed by atoms with Crippen LogP contribution in [0.5, 0.6) is 0 Å². The van der Waals surface area contributed by atoms with Crippen molar-refractivity contribution in [3.8, 4) is 6.07 Å². The first kappa shape index (κ1) is 26.1. The number of hydrazine groups is 1. The van der Waals surface area contributed by atoms with Crippen LogP contribution in [0.3, 0.4) is 0 Å². The van der Waals surface area contributed by atoms with E-state index in [1.807, 2.05) is 0 Å². The molecule has 6 N–H and O–H groups in total. The fourth-order valence-electron chi connectivity index (χ4n) is 2.77. The van der Waals surface area contributed by atoms with Crippen molar-refractivity contribution in [2.75, 3.05) is 13.1 Å². The number of nitrogens with two attached hydrogens (primary N) is 2. The first-order chi connectivity index (χ1) is 15.9. The van der Waals surface area contributed by atoms with E-state index >= 15 is 0 Å². The number of rotatable bonds is 8. The molecule has 2 rings (SSSR count). The first-order valence-corrected chi connectivity index (χ1v) is 9.83. The Morgan fingerprint density at radius 2 is 1.85 bits per heavy atom. The number of alkyl halides is 3. The third-order valence-electron chi connectivity index (χ3n) is 4.57. The second kappa shape index (κ2) is 11.2. The van der Waals surface area contributed by atoms with Crippen molar-refractivity contribution in [2.24, 2.45) is 11.6 Å². The molecule has 0 aliphatic heterocycles. The number of amides is 2. The lowest BCUT2D eigenvalue weighted by Crippen LogP contribution is -2.38. The Balaban J connectivity index is 1.91. The summed E-state index contributed by atoms with van der Waals surface area (Å²) in [6.45, 7) is 1.69. The Morgan fingerprint density at radius 3 is 2.41 bits per heavy atom. The van der Waals surface area contributed by atoms with Crippen LogP contribution in [-0.2, 0) is 11.0 Å². The molecule has 8 nitrogen and oxygen atoms in total. The second-order valence-corrected chi connectivity index (χ2v) is 7.22. The highest BCUT2D eigenvalue weighted by molar-refractivity contribution is 5.94. The molecule has 2 aromatic rings. The summed E-state index contributed by atoms with van der Waals surface area (Å²) in [4.78, 5) is 24.3. The molecule has 2 amide bonds. The van der Waals surface area contributed by atoms with Crippen LogP contribution in [0.2, 0.25) is 0 Å². The van der Waals surface area contributed by atoms with Crippen LogP contribution >= 0.6 is 0 Å². The van der Waals surface area contributed by atoms with E-state index in [0.29, 0.717) is 5.56 Å². The summed E-state index contributed by atoms with van der Waals surface area (Å²) in [5.41, 5.74) is 5.06. The number of nitriles is 1. The summed E-state index contributed by atoms with van der Waals surface area (Å²) in [5, 5.41) is 15.0. The zero-order valence-electron chi connectivity index (χ0n) is 18.0. The van der Waals surface area contributed by atoms with Crippen molar-refractivity contribution in [3.05, 3.63) is 82.4 Å². The molecule has 12 heteroatoms. The van der Waals surface area contributed by atoms with E-state index in [0.717, 1.165) is 35.5 Å². The monoisotopic (exact) mass is 478 g/mol. The lowest BCUT2D eigenvalue weighted by atomic mass is 10.1. The summed E-state index contributed by atoms with van der Waals surface area (Å²) in [6.07, 6.45) is -3.48. The number of nitrogens with one attached hydrogen (secondary N) is 2. The molecular weight excluding hydrogens is 456 g/mol. The Labute approximate surface area is 192 Å². The minimum absolute atomic E-state index is 0.000420. The van der Waals surface area contributed by atoms with Gasteiger partial charge in [-0.1, -0.05) is 18.2 Å². The Morgan fingerprint density at radius 1 is 1.21 bits per heavy atom. The fourth-order valence-corrected chi connectivity index (χ4v) is 2.77. The molecule has 0 radical (unpaired) electrons. The molecule has 0 saturated carbocycles. The van der Waals surface area contributed by atoms with Gasteiger partial charge in [0.1, 0.15) is 17.6 Å². The number of carbonyl (C=O) groups excluding carboxylic acids is 2. The van der Waals surface area contributed by atoms with Gasteiger partial charge in [-0.2, -0.15) is 18.4 Å². The average Bonchev–Trinajstić information content (AvgIpc) is 2.76. The highest BCUT2D eigenvalue weighted by Crippen LogP contribution is 2.29. The van der Waals surface area contributed by atoms with E-state index in [1.54, 1.807) is 19.1 Å². The smallest absolute Gasteiger partial charge is 0.393 e. The standard InChI is InChI=1S/C22H22F4N6O2/c1-13-2-7-16(17(23)10-13)20(33)30-8-9-32(29)12-18(28)21(34)31-19(11-27)14-3-5-15(6-4-14)22(24,25)26/h2-7,10,12,19H,8-9,28-29H2,1H3,(H,30,33)(H,31,34)/b18-12-. The lowest BCUT2D eigenvalue weighted by Gasteiger charge is -2.17. The number of halogens is 4. The maximum Gasteiger partial charge on any atom is 0.416 e.